The van der Waals surface area contributed by atoms with E-state index in [-0.39, 0.29) is 5.91 Å². The Hall–Kier alpha value is -3.48. The lowest BCUT2D eigenvalue weighted by Gasteiger charge is -2.06. The van der Waals surface area contributed by atoms with E-state index < -0.39 is 0 Å². The van der Waals surface area contributed by atoms with Crippen molar-refractivity contribution in [2.24, 2.45) is 0 Å². The second-order valence-corrected chi connectivity index (χ2v) is 6.35. The molecule has 3 aromatic heterocycles. The van der Waals surface area contributed by atoms with Gasteiger partial charge in [0, 0.05) is 24.9 Å². The Labute approximate surface area is 156 Å². The van der Waals surface area contributed by atoms with Gasteiger partial charge in [-0.05, 0) is 38.1 Å². The van der Waals surface area contributed by atoms with E-state index in [0.717, 1.165) is 11.4 Å². The summed E-state index contributed by atoms with van der Waals surface area (Å²) in [4.78, 5) is 16.9. The number of carbonyl (C=O) groups excluding carboxylic acids is 1. The normalized spacial score (nSPS) is 11.0. The van der Waals surface area contributed by atoms with Crippen LogP contribution in [-0.4, -0.2) is 32.4 Å². The Bertz CT molecular complexity index is 1100. The number of rotatable bonds is 5. The van der Waals surface area contributed by atoms with Gasteiger partial charge in [-0.15, -0.1) is 0 Å². The van der Waals surface area contributed by atoms with Crippen molar-refractivity contribution in [3.8, 4) is 5.69 Å². The molecule has 4 rings (SSSR count). The predicted molar refractivity (Wildman–Crippen MR) is 101 cm³/mol. The van der Waals surface area contributed by atoms with Crippen molar-refractivity contribution >= 4 is 17.0 Å². The van der Waals surface area contributed by atoms with E-state index >= 15 is 0 Å². The first-order valence-corrected chi connectivity index (χ1v) is 8.73. The van der Waals surface area contributed by atoms with Crippen molar-refractivity contribution in [1.82, 2.24) is 25.2 Å². The molecule has 0 atom stereocenters. The van der Waals surface area contributed by atoms with Gasteiger partial charge in [0.15, 0.2) is 0 Å². The minimum atomic E-state index is -0.167. The van der Waals surface area contributed by atoms with Crippen molar-refractivity contribution < 1.29 is 9.32 Å². The van der Waals surface area contributed by atoms with Gasteiger partial charge in [-0.3, -0.25) is 4.79 Å². The number of amides is 1. The smallest absolute Gasteiger partial charge is 0.258 e. The molecule has 0 saturated carbocycles. The van der Waals surface area contributed by atoms with Gasteiger partial charge in [-0.1, -0.05) is 23.4 Å². The lowest BCUT2D eigenvalue weighted by Crippen LogP contribution is -2.26. The van der Waals surface area contributed by atoms with Crippen molar-refractivity contribution in [2.75, 3.05) is 6.54 Å². The van der Waals surface area contributed by atoms with Crippen LogP contribution in [0, 0.1) is 13.8 Å². The van der Waals surface area contributed by atoms with E-state index in [4.69, 9.17) is 4.52 Å². The van der Waals surface area contributed by atoms with Crippen LogP contribution in [-0.2, 0) is 6.42 Å². The third-order valence-electron chi connectivity index (χ3n) is 4.32. The molecule has 0 aliphatic rings. The minimum absolute atomic E-state index is 0.167. The third kappa shape index (κ3) is 3.44. The average Bonchev–Trinajstić information content (AvgIpc) is 3.29. The lowest BCUT2D eigenvalue weighted by molar-refractivity contribution is 0.0955. The number of pyridine rings is 1. The molecule has 0 spiro atoms. The van der Waals surface area contributed by atoms with Crippen LogP contribution >= 0.6 is 0 Å². The standard InChI is InChI=1S/C20H19N5O2/c1-13-12-17(18-14(2)24-27-20(18)22-13)19(26)21-10-8-15-9-11-25(23-15)16-6-4-3-5-7-16/h3-7,9,11-12H,8,10H2,1-2H3,(H,21,26). The van der Waals surface area contributed by atoms with Crippen LogP contribution in [0.3, 0.4) is 0 Å². The van der Waals surface area contributed by atoms with E-state index in [2.05, 4.69) is 20.6 Å². The zero-order valence-electron chi connectivity index (χ0n) is 15.1. The number of hydrogen-bond acceptors (Lipinski definition) is 5. The second-order valence-electron chi connectivity index (χ2n) is 6.35. The number of aryl methyl sites for hydroxylation is 2. The topological polar surface area (TPSA) is 85.8 Å². The molecule has 136 valence electrons. The Morgan fingerprint density at radius 3 is 2.81 bits per heavy atom. The Morgan fingerprint density at radius 1 is 1.19 bits per heavy atom. The molecule has 3 heterocycles. The van der Waals surface area contributed by atoms with Crippen molar-refractivity contribution in [3.63, 3.8) is 0 Å². The zero-order valence-corrected chi connectivity index (χ0v) is 15.1. The highest BCUT2D eigenvalue weighted by Gasteiger charge is 2.17. The molecular weight excluding hydrogens is 342 g/mol. The maximum absolute atomic E-state index is 12.6. The summed E-state index contributed by atoms with van der Waals surface area (Å²) in [5.74, 6) is -0.167. The molecule has 1 aromatic carbocycles. The van der Waals surface area contributed by atoms with Crippen LogP contribution in [0.15, 0.2) is 53.2 Å². The molecule has 0 bridgehead atoms. The molecule has 1 N–H and O–H groups in total. The minimum Gasteiger partial charge on any atom is -0.352 e. The summed E-state index contributed by atoms with van der Waals surface area (Å²) in [5, 5.41) is 12.1. The molecule has 0 saturated heterocycles. The van der Waals surface area contributed by atoms with E-state index in [0.29, 0.717) is 41.0 Å². The van der Waals surface area contributed by atoms with E-state index in [9.17, 15) is 4.79 Å². The molecule has 0 radical (unpaired) electrons. The van der Waals surface area contributed by atoms with Gasteiger partial charge >= 0.3 is 0 Å². The molecule has 0 fully saturated rings. The largest absolute Gasteiger partial charge is 0.352 e. The van der Waals surface area contributed by atoms with Gasteiger partial charge in [0.05, 0.1) is 28.0 Å². The quantitative estimate of drug-likeness (QED) is 0.590. The molecule has 0 unspecified atom stereocenters. The molecule has 7 nitrogen and oxygen atoms in total. The number of fused-ring (bicyclic) bond motifs is 1. The number of nitrogens with one attached hydrogen (secondary N) is 1. The predicted octanol–water partition coefficient (Wildman–Crippen LogP) is 3.00. The van der Waals surface area contributed by atoms with Gasteiger partial charge in [0.25, 0.3) is 11.6 Å². The number of aromatic nitrogens is 4. The van der Waals surface area contributed by atoms with Crippen molar-refractivity contribution in [1.29, 1.82) is 0 Å². The van der Waals surface area contributed by atoms with Crippen molar-refractivity contribution in [2.45, 2.75) is 20.3 Å². The van der Waals surface area contributed by atoms with Gasteiger partial charge in [-0.25, -0.2) is 9.67 Å². The fourth-order valence-electron chi connectivity index (χ4n) is 3.02. The van der Waals surface area contributed by atoms with Crippen LogP contribution in [0.1, 0.15) is 27.4 Å². The highest BCUT2D eigenvalue weighted by Crippen LogP contribution is 2.21. The first-order chi connectivity index (χ1) is 13.1. The average molecular weight is 361 g/mol. The number of nitrogens with zero attached hydrogens (tertiary/aromatic N) is 4. The highest BCUT2D eigenvalue weighted by molar-refractivity contribution is 6.06. The van der Waals surface area contributed by atoms with Crippen LogP contribution in [0.4, 0.5) is 0 Å². The van der Waals surface area contributed by atoms with Crippen LogP contribution < -0.4 is 5.32 Å². The van der Waals surface area contributed by atoms with Gasteiger partial charge in [0.1, 0.15) is 0 Å². The molecule has 4 aromatic rings. The first kappa shape index (κ1) is 17.0. The summed E-state index contributed by atoms with van der Waals surface area (Å²) >= 11 is 0. The zero-order chi connectivity index (χ0) is 18.8. The molecular formula is C20H19N5O2. The fourth-order valence-corrected chi connectivity index (χ4v) is 3.02. The number of hydrogen-bond donors (Lipinski definition) is 1. The summed E-state index contributed by atoms with van der Waals surface area (Å²) < 4.78 is 7.01. The number of benzene rings is 1. The summed E-state index contributed by atoms with van der Waals surface area (Å²) in [7, 11) is 0. The summed E-state index contributed by atoms with van der Waals surface area (Å²) in [6.07, 6.45) is 2.56. The van der Waals surface area contributed by atoms with Gasteiger partial charge < -0.3 is 9.84 Å². The first-order valence-electron chi connectivity index (χ1n) is 8.73. The number of carbonyl (C=O) groups is 1. The maximum Gasteiger partial charge on any atom is 0.258 e. The highest BCUT2D eigenvalue weighted by atomic mass is 16.5. The SMILES string of the molecule is Cc1cc(C(=O)NCCc2ccn(-c3ccccc3)n2)c2c(C)noc2n1. The van der Waals surface area contributed by atoms with Crippen LogP contribution in [0.25, 0.3) is 16.8 Å². The van der Waals surface area contributed by atoms with Crippen molar-refractivity contribution in [3.05, 3.63) is 71.3 Å². The Balaban J connectivity index is 1.44. The fraction of sp³-hybridized carbons (Fsp3) is 0.200. The van der Waals surface area contributed by atoms with E-state index in [1.54, 1.807) is 13.0 Å². The Kier molecular flexibility index (Phi) is 4.42. The summed E-state index contributed by atoms with van der Waals surface area (Å²) in [5.41, 5.74) is 4.21. The molecule has 1 amide bonds. The molecule has 0 aliphatic carbocycles. The van der Waals surface area contributed by atoms with Crippen LogP contribution in [0.2, 0.25) is 0 Å². The monoisotopic (exact) mass is 361 g/mol. The molecule has 7 heteroatoms. The molecule has 27 heavy (non-hydrogen) atoms. The van der Waals surface area contributed by atoms with E-state index in [1.807, 2.05) is 54.2 Å². The van der Waals surface area contributed by atoms with Gasteiger partial charge in [-0.2, -0.15) is 5.10 Å². The number of para-hydroxylation sites is 1. The summed E-state index contributed by atoms with van der Waals surface area (Å²) in [6, 6.07) is 13.6. The van der Waals surface area contributed by atoms with E-state index in [1.165, 1.54) is 0 Å². The second kappa shape index (κ2) is 7.03. The Morgan fingerprint density at radius 2 is 2.00 bits per heavy atom. The maximum atomic E-state index is 12.6. The molecule has 0 aliphatic heterocycles. The van der Waals surface area contributed by atoms with Crippen LogP contribution in [0.5, 0.6) is 0 Å². The summed E-state index contributed by atoms with van der Waals surface area (Å²) in [6.45, 7) is 4.11. The third-order valence-corrected chi connectivity index (χ3v) is 4.32. The van der Waals surface area contributed by atoms with Gasteiger partial charge in [0.2, 0.25) is 0 Å². The lowest BCUT2D eigenvalue weighted by atomic mass is 10.1.